The van der Waals surface area contributed by atoms with Crippen LogP contribution in [-0.4, -0.2) is 10.2 Å². The fraction of sp³-hybridized carbons (Fsp3) is 0.0476. The molecule has 8 aromatic carbocycles. The molecule has 0 radical (unpaired) electrons. The first-order valence-corrected chi connectivity index (χ1v) is 15.1. The normalized spacial score (nSPS) is 13.7. The fourth-order valence-electron chi connectivity index (χ4n) is 7.64. The highest BCUT2D eigenvalue weighted by Crippen LogP contribution is 2.53. The van der Waals surface area contributed by atoms with E-state index in [-0.39, 0.29) is 11.5 Å². The zero-order chi connectivity index (χ0) is 29.4. The highest BCUT2D eigenvalue weighted by Gasteiger charge is 2.44. The molecule has 1 aliphatic carbocycles. The minimum absolute atomic E-state index is 0.268. The van der Waals surface area contributed by atoms with Gasteiger partial charge in [0.05, 0.1) is 5.41 Å². The Morgan fingerprint density at radius 3 is 1.18 bits per heavy atom. The number of phenols is 2. The number of rotatable bonds is 2. The first-order chi connectivity index (χ1) is 21.6. The highest BCUT2D eigenvalue weighted by atomic mass is 16.3. The van der Waals surface area contributed by atoms with Gasteiger partial charge in [0, 0.05) is 0 Å². The van der Waals surface area contributed by atoms with Gasteiger partial charge in [-0.1, -0.05) is 97.1 Å². The molecule has 2 nitrogen and oxygen atoms in total. The number of phenolic OH excluding ortho intramolecular Hbond substituents is 2. The molecule has 44 heavy (non-hydrogen) atoms. The van der Waals surface area contributed by atoms with Crippen molar-refractivity contribution in [3.8, 4) is 11.5 Å². The molecule has 0 aliphatic heterocycles. The van der Waals surface area contributed by atoms with Gasteiger partial charge in [0.2, 0.25) is 0 Å². The maximum atomic E-state index is 10.2. The lowest BCUT2D eigenvalue weighted by Crippen LogP contribution is -2.36. The van der Waals surface area contributed by atoms with E-state index in [1.54, 1.807) is 12.1 Å². The van der Waals surface area contributed by atoms with Crippen molar-refractivity contribution in [2.45, 2.75) is 11.8 Å². The van der Waals surface area contributed by atoms with Crippen LogP contribution in [0.3, 0.4) is 0 Å². The topological polar surface area (TPSA) is 40.5 Å². The Kier molecular flexibility index (Phi) is 5.22. The van der Waals surface area contributed by atoms with Gasteiger partial charge in [-0.25, -0.2) is 0 Å². The molecule has 0 unspecified atom stereocenters. The van der Waals surface area contributed by atoms with Gasteiger partial charge < -0.3 is 10.2 Å². The summed E-state index contributed by atoms with van der Waals surface area (Å²) in [5.74, 6) is 0.535. The number of hydrogen-bond donors (Lipinski definition) is 2. The molecule has 0 heterocycles. The van der Waals surface area contributed by atoms with Crippen molar-refractivity contribution in [3.63, 3.8) is 0 Å². The zero-order valence-corrected chi connectivity index (χ0v) is 24.0. The first-order valence-electron chi connectivity index (χ1n) is 15.1. The second-order valence-corrected chi connectivity index (χ2v) is 12.1. The monoisotopic (exact) mass is 564 g/mol. The molecule has 9 rings (SSSR count). The van der Waals surface area contributed by atoms with Gasteiger partial charge in [0.25, 0.3) is 0 Å². The maximum Gasteiger partial charge on any atom is 0.116 e. The summed E-state index contributed by atoms with van der Waals surface area (Å²) in [6.07, 6.45) is 0.852. The third-order valence-corrected chi connectivity index (χ3v) is 9.65. The molecule has 1 aliphatic rings. The molecule has 0 bridgehead atoms. The van der Waals surface area contributed by atoms with Crippen molar-refractivity contribution in [2.24, 2.45) is 0 Å². The minimum Gasteiger partial charge on any atom is -0.508 e. The molecule has 2 N–H and O–H groups in total. The van der Waals surface area contributed by atoms with Crippen LogP contribution in [0.4, 0.5) is 0 Å². The van der Waals surface area contributed by atoms with E-state index in [1.165, 1.54) is 54.9 Å². The summed E-state index contributed by atoms with van der Waals surface area (Å²) >= 11 is 0. The fourth-order valence-corrected chi connectivity index (χ4v) is 7.64. The molecule has 0 aromatic heterocycles. The zero-order valence-electron chi connectivity index (χ0n) is 24.0. The Hall–Kier alpha value is -5.60. The Morgan fingerprint density at radius 1 is 0.364 bits per heavy atom. The summed E-state index contributed by atoms with van der Waals surface area (Å²) in [7, 11) is 0. The Morgan fingerprint density at radius 2 is 0.727 bits per heavy atom. The average Bonchev–Trinajstić information content (AvgIpc) is 3.05. The summed E-state index contributed by atoms with van der Waals surface area (Å²) in [6, 6.07) is 51.5. The Bertz CT molecular complexity index is 2280. The van der Waals surface area contributed by atoms with Crippen molar-refractivity contribution >= 4 is 43.1 Å². The SMILES string of the molecule is Oc1ccc2cc(C3(c4ccc5cc(O)ccc5c4)c4cc5ccccc5cc4Cc4cc5ccccc5cc43)ccc2c1. The summed E-state index contributed by atoms with van der Waals surface area (Å²) in [5, 5.41) is 29.6. The van der Waals surface area contributed by atoms with Crippen LogP contribution < -0.4 is 0 Å². The maximum absolute atomic E-state index is 10.2. The van der Waals surface area contributed by atoms with Gasteiger partial charge in [0.1, 0.15) is 11.5 Å². The van der Waals surface area contributed by atoms with Crippen molar-refractivity contribution in [2.75, 3.05) is 0 Å². The third kappa shape index (κ3) is 3.61. The summed E-state index contributed by atoms with van der Waals surface area (Å²) in [6.45, 7) is 0. The molecule has 208 valence electrons. The molecular formula is C42H28O2. The first kappa shape index (κ1) is 24.9. The standard InChI is InChI=1S/C42H28O2/c43-38-15-11-30-20-36(13-9-32(30)22-38)42(37-14-10-33-23-39(44)16-12-31(33)21-37)40-24-28-7-3-1-5-26(28)17-34(40)19-35-18-27-6-2-4-8-29(27)25-41(35)42/h1-18,20-25,43-44H,19H2. The van der Waals surface area contributed by atoms with Crippen LogP contribution in [0, 0.1) is 0 Å². The minimum atomic E-state index is -0.616. The highest BCUT2D eigenvalue weighted by molar-refractivity contribution is 5.92. The van der Waals surface area contributed by atoms with Crippen molar-refractivity contribution in [1.82, 2.24) is 0 Å². The van der Waals surface area contributed by atoms with Crippen LogP contribution >= 0.6 is 0 Å². The Balaban J connectivity index is 1.48. The third-order valence-electron chi connectivity index (χ3n) is 9.65. The molecule has 0 spiro atoms. The summed E-state index contributed by atoms with van der Waals surface area (Å²) in [4.78, 5) is 0. The van der Waals surface area contributed by atoms with E-state index in [1.807, 2.05) is 24.3 Å². The van der Waals surface area contributed by atoms with E-state index in [2.05, 4.69) is 109 Å². The van der Waals surface area contributed by atoms with E-state index in [9.17, 15) is 10.2 Å². The lowest BCUT2D eigenvalue weighted by atomic mass is 9.59. The van der Waals surface area contributed by atoms with Crippen LogP contribution in [0.1, 0.15) is 33.4 Å². The molecular weight excluding hydrogens is 536 g/mol. The van der Waals surface area contributed by atoms with Gasteiger partial charge in [-0.3, -0.25) is 0 Å². The predicted octanol–water partition coefficient (Wildman–Crippen LogP) is 10.00. The van der Waals surface area contributed by atoms with E-state index >= 15 is 0 Å². The smallest absolute Gasteiger partial charge is 0.116 e. The van der Waals surface area contributed by atoms with Crippen LogP contribution in [0.25, 0.3) is 43.1 Å². The molecule has 0 amide bonds. The van der Waals surface area contributed by atoms with E-state index in [0.717, 1.165) is 28.0 Å². The number of aromatic hydroxyl groups is 2. The molecule has 0 atom stereocenters. The Labute approximate surface area is 255 Å². The lowest BCUT2D eigenvalue weighted by molar-refractivity contribution is 0.475. The van der Waals surface area contributed by atoms with Gasteiger partial charge in [-0.05, 0) is 131 Å². The van der Waals surface area contributed by atoms with E-state index in [4.69, 9.17) is 0 Å². The predicted molar refractivity (Wildman–Crippen MR) is 181 cm³/mol. The number of fused-ring (bicyclic) bond motifs is 6. The molecule has 0 saturated carbocycles. The van der Waals surface area contributed by atoms with Gasteiger partial charge in [0.15, 0.2) is 0 Å². The average molecular weight is 565 g/mol. The molecule has 8 aromatic rings. The second kappa shape index (κ2) is 9.20. The van der Waals surface area contributed by atoms with E-state index in [0.29, 0.717) is 0 Å². The van der Waals surface area contributed by atoms with Gasteiger partial charge in [-0.2, -0.15) is 0 Å². The number of hydrogen-bond acceptors (Lipinski definition) is 2. The summed E-state index contributed by atoms with van der Waals surface area (Å²) in [5.41, 5.74) is 6.97. The van der Waals surface area contributed by atoms with Crippen LogP contribution in [0.5, 0.6) is 11.5 Å². The van der Waals surface area contributed by atoms with Crippen LogP contribution in [0.15, 0.2) is 146 Å². The molecule has 0 fully saturated rings. The second-order valence-electron chi connectivity index (χ2n) is 12.1. The van der Waals surface area contributed by atoms with E-state index < -0.39 is 5.41 Å². The number of benzene rings is 8. The lowest BCUT2D eigenvalue weighted by Gasteiger charge is -2.43. The van der Waals surface area contributed by atoms with Crippen molar-refractivity contribution in [3.05, 3.63) is 179 Å². The molecule has 0 saturated heterocycles. The summed E-state index contributed by atoms with van der Waals surface area (Å²) < 4.78 is 0. The largest absolute Gasteiger partial charge is 0.508 e. The van der Waals surface area contributed by atoms with Crippen LogP contribution in [-0.2, 0) is 11.8 Å². The van der Waals surface area contributed by atoms with Gasteiger partial charge >= 0.3 is 0 Å². The van der Waals surface area contributed by atoms with Crippen molar-refractivity contribution in [1.29, 1.82) is 0 Å². The van der Waals surface area contributed by atoms with Gasteiger partial charge in [-0.15, -0.1) is 0 Å². The van der Waals surface area contributed by atoms with Crippen LogP contribution in [0.2, 0.25) is 0 Å². The van der Waals surface area contributed by atoms with Crippen molar-refractivity contribution < 1.29 is 10.2 Å². The molecule has 2 heteroatoms. The quantitative estimate of drug-likeness (QED) is 0.219.